The predicted octanol–water partition coefficient (Wildman–Crippen LogP) is 1.43. The highest BCUT2D eigenvalue weighted by atomic mass is 32.2. The SMILES string of the molecule is CNCC1CCCCN1S(=O)(=O)Nc1cc(C)cc(C)n1. The van der Waals surface area contributed by atoms with E-state index in [1.54, 1.807) is 10.4 Å². The largest absolute Gasteiger partial charge is 0.318 e. The van der Waals surface area contributed by atoms with Crippen molar-refractivity contribution in [1.82, 2.24) is 14.6 Å². The zero-order valence-electron chi connectivity index (χ0n) is 12.9. The van der Waals surface area contributed by atoms with Crippen molar-refractivity contribution in [1.29, 1.82) is 0 Å². The van der Waals surface area contributed by atoms with Crippen molar-refractivity contribution in [3.8, 4) is 0 Å². The Morgan fingerprint density at radius 2 is 2.10 bits per heavy atom. The van der Waals surface area contributed by atoms with Crippen LogP contribution < -0.4 is 10.0 Å². The smallest absolute Gasteiger partial charge is 0.303 e. The van der Waals surface area contributed by atoms with Gasteiger partial charge in [-0.2, -0.15) is 12.7 Å². The van der Waals surface area contributed by atoms with E-state index in [0.29, 0.717) is 18.9 Å². The van der Waals surface area contributed by atoms with E-state index < -0.39 is 10.2 Å². The minimum atomic E-state index is -3.56. The molecule has 0 amide bonds. The molecule has 118 valence electrons. The lowest BCUT2D eigenvalue weighted by atomic mass is 10.1. The number of rotatable bonds is 5. The molecule has 6 nitrogen and oxygen atoms in total. The number of nitrogens with zero attached hydrogens (tertiary/aromatic N) is 2. The number of pyridine rings is 1. The molecule has 2 rings (SSSR count). The molecule has 0 aliphatic carbocycles. The van der Waals surface area contributed by atoms with E-state index in [2.05, 4.69) is 15.0 Å². The van der Waals surface area contributed by atoms with E-state index in [0.717, 1.165) is 30.5 Å². The van der Waals surface area contributed by atoms with E-state index in [9.17, 15) is 8.42 Å². The molecule has 0 aromatic carbocycles. The fourth-order valence-corrected chi connectivity index (χ4v) is 4.24. The lowest BCUT2D eigenvalue weighted by molar-refractivity contribution is 0.250. The Morgan fingerprint density at radius 3 is 2.76 bits per heavy atom. The Kier molecular flexibility index (Phi) is 5.18. The second-order valence-electron chi connectivity index (χ2n) is 5.60. The molecular formula is C14H24N4O2S. The molecule has 0 radical (unpaired) electrons. The maximum Gasteiger partial charge on any atom is 0.303 e. The molecule has 21 heavy (non-hydrogen) atoms. The van der Waals surface area contributed by atoms with Gasteiger partial charge in [-0.25, -0.2) is 4.98 Å². The zero-order valence-corrected chi connectivity index (χ0v) is 13.7. The fraction of sp³-hybridized carbons (Fsp3) is 0.643. The van der Waals surface area contributed by atoms with Gasteiger partial charge < -0.3 is 5.32 Å². The summed E-state index contributed by atoms with van der Waals surface area (Å²) in [6.45, 7) is 5.01. The average Bonchev–Trinajstić information content (AvgIpc) is 2.37. The minimum Gasteiger partial charge on any atom is -0.318 e. The van der Waals surface area contributed by atoms with Gasteiger partial charge in [-0.15, -0.1) is 0 Å². The van der Waals surface area contributed by atoms with E-state index >= 15 is 0 Å². The standard InChI is InChI=1S/C14H24N4O2S/c1-11-8-12(2)16-14(9-11)17-21(19,20)18-7-5-4-6-13(18)10-15-3/h8-9,13,15H,4-7,10H2,1-3H3,(H,16,17). The van der Waals surface area contributed by atoms with Crippen LogP contribution in [-0.2, 0) is 10.2 Å². The Bertz CT molecular complexity index is 566. The van der Waals surface area contributed by atoms with Crippen molar-refractivity contribution in [3.05, 3.63) is 23.4 Å². The van der Waals surface area contributed by atoms with Gasteiger partial charge in [0.05, 0.1) is 0 Å². The molecule has 2 N–H and O–H groups in total. The summed E-state index contributed by atoms with van der Waals surface area (Å²) in [6, 6.07) is 3.68. The van der Waals surface area contributed by atoms with E-state index in [-0.39, 0.29) is 6.04 Å². The second-order valence-corrected chi connectivity index (χ2v) is 7.22. The summed E-state index contributed by atoms with van der Waals surface area (Å²) in [4.78, 5) is 4.25. The fourth-order valence-electron chi connectivity index (χ4n) is 2.81. The van der Waals surface area contributed by atoms with Gasteiger partial charge >= 0.3 is 10.2 Å². The Hall–Kier alpha value is -1.18. The molecule has 7 heteroatoms. The number of piperidine rings is 1. The third-order valence-corrected chi connectivity index (χ3v) is 5.22. The molecule has 2 heterocycles. The van der Waals surface area contributed by atoms with Crippen LogP contribution >= 0.6 is 0 Å². The summed E-state index contributed by atoms with van der Waals surface area (Å²) in [5, 5.41) is 3.07. The van der Waals surface area contributed by atoms with Gasteiger partial charge in [0.1, 0.15) is 5.82 Å². The van der Waals surface area contributed by atoms with Crippen molar-refractivity contribution >= 4 is 16.0 Å². The lowest BCUT2D eigenvalue weighted by Gasteiger charge is -2.34. The Morgan fingerprint density at radius 1 is 1.33 bits per heavy atom. The number of hydrogen-bond donors (Lipinski definition) is 2. The van der Waals surface area contributed by atoms with Gasteiger partial charge in [-0.05, 0) is 51.4 Å². The average molecular weight is 312 g/mol. The van der Waals surface area contributed by atoms with Crippen LogP contribution in [0.2, 0.25) is 0 Å². The summed E-state index contributed by atoms with van der Waals surface area (Å²) < 4.78 is 29.4. The molecule has 0 saturated carbocycles. The van der Waals surface area contributed by atoms with Crippen molar-refractivity contribution in [2.24, 2.45) is 0 Å². The van der Waals surface area contributed by atoms with Crippen molar-refractivity contribution in [3.63, 3.8) is 0 Å². The molecule has 1 fully saturated rings. The molecule has 1 atom stereocenters. The summed E-state index contributed by atoms with van der Waals surface area (Å²) in [5.41, 5.74) is 1.80. The van der Waals surface area contributed by atoms with Crippen molar-refractivity contribution in [2.75, 3.05) is 24.9 Å². The van der Waals surface area contributed by atoms with Gasteiger partial charge in [0.2, 0.25) is 0 Å². The third-order valence-electron chi connectivity index (χ3n) is 3.65. The van der Waals surface area contributed by atoms with Gasteiger partial charge in [0.25, 0.3) is 0 Å². The number of aromatic nitrogens is 1. The third kappa shape index (κ3) is 4.15. The van der Waals surface area contributed by atoms with Gasteiger partial charge in [-0.3, -0.25) is 4.72 Å². The van der Waals surface area contributed by atoms with E-state index in [1.807, 2.05) is 27.0 Å². The van der Waals surface area contributed by atoms with Crippen LogP contribution in [0.4, 0.5) is 5.82 Å². The zero-order chi connectivity index (χ0) is 15.5. The Labute approximate surface area is 127 Å². The quantitative estimate of drug-likeness (QED) is 0.862. The van der Waals surface area contributed by atoms with Gasteiger partial charge in [-0.1, -0.05) is 6.42 Å². The summed E-state index contributed by atoms with van der Waals surface area (Å²) >= 11 is 0. The van der Waals surface area contributed by atoms with Gasteiger partial charge in [0, 0.05) is 24.8 Å². The molecule has 0 bridgehead atoms. The topological polar surface area (TPSA) is 74.3 Å². The van der Waals surface area contributed by atoms with Crippen LogP contribution in [0.25, 0.3) is 0 Å². The van der Waals surface area contributed by atoms with Crippen LogP contribution in [0.5, 0.6) is 0 Å². The van der Waals surface area contributed by atoms with Gasteiger partial charge in [0.15, 0.2) is 0 Å². The molecule has 1 aromatic heterocycles. The van der Waals surface area contributed by atoms with Crippen LogP contribution in [0, 0.1) is 13.8 Å². The molecule has 1 unspecified atom stereocenters. The first kappa shape index (κ1) is 16.2. The maximum absolute atomic E-state index is 12.6. The molecule has 1 aliphatic rings. The predicted molar refractivity (Wildman–Crippen MR) is 84.5 cm³/mol. The molecule has 1 aliphatic heterocycles. The van der Waals surface area contributed by atoms with Crippen LogP contribution in [-0.4, -0.2) is 43.9 Å². The monoisotopic (exact) mass is 312 g/mol. The second kappa shape index (κ2) is 6.72. The first-order chi connectivity index (χ1) is 9.92. The van der Waals surface area contributed by atoms with Crippen molar-refractivity contribution in [2.45, 2.75) is 39.2 Å². The number of hydrogen-bond acceptors (Lipinski definition) is 4. The number of aryl methyl sites for hydroxylation is 2. The normalized spacial score (nSPS) is 20.4. The number of likely N-dealkylation sites (N-methyl/N-ethyl adjacent to an activating group) is 1. The molecule has 1 saturated heterocycles. The highest BCUT2D eigenvalue weighted by Crippen LogP contribution is 2.21. The van der Waals surface area contributed by atoms with E-state index in [1.165, 1.54) is 0 Å². The molecule has 0 spiro atoms. The summed E-state index contributed by atoms with van der Waals surface area (Å²) in [6.07, 6.45) is 2.86. The maximum atomic E-state index is 12.6. The molecular weight excluding hydrogens is 288 g/mol. The van der Waals surface area contributed by atoms with Crippen LogP contribution in [0.3, 0.4) is 0 Å². The van der Waals surface area contributed by atoms with Crippen LogP contribution in [0.15, 0.2) is 12.1 Å². The van der Waals surface area contributed by atoms with Crippen molar-refractivity contribution < 1.29 is 8.42 Å². The van der Waals surface area contributed by atoms with Crippen LogP contribution in [0.1, 0.15) is 30.5 Å². The van der Waals surface area contributed by atoms with E-state index in [4.69, 9.17) is 0 Å². The summed E-state index contributed by atoms with van der Waals surface area (Å²) in [5.74, 6) is 0.390. The first-order valence-corrected chi connectivity index (χ1v) is 8.76. The number of anilines is 1. The Balaban J connectivity index is 2.19. The lowest BCUT2D eigenvalue weighted by Crippen LogP contribution is -2.50. The molecule has 1 aromatic rings. The highest BCUT2D eigenvalue weighted by Gasteiger charge is 2.32. The minimum absolute atomic E-state index is 0.00663. The highest BCUT2D eigenvalue weighted by molar-refractivity contribution is 7.90. The summed E-state index contributed by atoms with van der Waals surface area (Å²) in [7, 11) is -1.71. The first-order valence-electron chi connectivity index (χ1n) is 7.32. The number of nitrogens with one attached hydrogen (secondary N) is 2.